The first-order chi connectivity index (χ1) is 7.95. The summed E-state index contributed by atoms with van der Waals surface area (Å²) in [6, 6.07) is 6.48. The highest BCUT2D eigenvalue weighted by molar-refractivity contribution is 6.17. The standard InChI is InChI=1S/C15H11N/c1-2-5-10-11(6-3-1)13-9-16-14-8-4-7-12(10)15(13)14/h2-9,16H,1H2. The highest BCUT2D eigenvalue weighted by Crippen LogP contribution is 2.43. The summed E-state index contributed by atoms with van der Waals surface area (Å²) in [7, 11) is 0. The molecule has 0 amide bonds. The van der Waals surface area contributed by atoms with E-state index in [9.17, 15) is 0 Å². The van der Waals surface area contributed by atoms with E-state index < -0.39 is 0 Å². The Morgan fingerprint density at radius 2 is 1.75 bits per heavy atom. The van der Waals surface area contributed by atoms with Gasteiger partial charge < -0.3 is 4.98 Å². The molecule has 2 aliphatic carbocycles. The van der Waals surface area contributed by atoms with E-state index in [0.29, 0.717) is 0 Å². The van der Waals surface area contributed by atoms with Crippen LogP contribution in [0.5, 0.6) is 0 Å². The van der Waals surface area contributed by atoms with E-state index in [4.69, 9.17) is 0 Å². The first kappa shape index (κ1) is 8.17. The number of benzene rings is 1. The van der Waals surface area contributed by atoms with E-state index in [0.717, 1.165) is 6.42 Å². The number of allylic oxidation sites excluding steroid dienone is 6. The van der Waals surface area contributed by atoms with Gasteiger partial charge in [0.15, 0.2) is 0 Å². The number of fused-ring (bicyclic) bond motifs is 2. The number of rotatable bonds is 0. The lowest BCUT2D eigenvalue weighted by atomic mass is 10.0. The zero-order chi connectivity index (χ0) is 10.5. The summed E-state index contributed by atoms with van der Waals surface area (Å²) in [6.45, 7) is 0. The second-order valence-corrected chi connectivity index (χ2v) is 4.30. The molecule has 0 saturated carbocycles. The fraction of sp³-hybridized carbons (Fsp3) is 0.0667. The van der Waals surface area contributed by atoms with Crippen LogP contribution in [-0.2, 0) is 0 Å². The van der Waals surface area contributed by atoms with Crippen molar-refractivity contribution in [2.24, 2.45) is 0 Å². The molecule has 16 heavy (non-hydrogen) atoms. The first-order valence-electron chi connectivity index (χ1n) is 5.63. The number of H-pyrrole nitrogens is 1. The summed E-state index contributed by atoms with van der Waals surface area (Å²) in [4.78, 5) is 3.34. The Balaban J connectivity index is 2.18. The minimum Gasteiger partial charge on any atom is -0.361 e. The lowest BCUT2D eigenvalue weighted by molar-refractivity contribution is 1.41. The molecule has 2 aliphatic rings. The Morgan fingerprint density at radius 3 is 2.62 bits per heavy atom. The van der Waals surface area contributed by atoms with Gasteiger partial charge in [0.2, 0.25) is 0 Å². The van der Waals surface area contributed by atoms with Crippen molar-refractivity contribution in [1.29, 1.82) is 0 Å². The second-order valence-electron chi connectivity index (χ2n) is 4.30. The topological polar surface area (TPSA) is 15.8 Å². The summed E-state index contributed by atoms with van der Waals surface area (Å²) in [6.07, 6.45) is 12.1. The van der Waals surface area contributed by atoms with Crippen LogP contribution in [0.3, 0.4) is 0 Å². The van der Waals surface area contributed by atoms with E-state index in [1.165, 1.54) is 33.2 Å². The molecular weight excluding hydrogens is 194 g/mol. The van der Waals surface area contributed by atoms with E-state index in [-0.39, 0.29) is 0 Å². The van der Waals surface area contributed by atoms with Crippen molar-refractivity contribution in [3.8, 4) is 0 Å². The number of aromatic amines is 1. The van der Waals surface area contributed by atoms with Gasteiger partial charge >= 0.3 is 0 Å². The molecule has 1 heteroatoms. The van der Waals surface area contributed by atoms with E-state index in [2.05, 4.69) is 53.7 Å². The predicted molar refractivity (Wildman–Crippen MR) is 68.0 cm³/mol. The van der Waals surface area contributed by atoms with Gasteiger partial charge in [0, 0.05) is 22.7 Å². The monoisotopic (exact) mass is 205 g/mol. The molecule has 2 aromatic rings. The zero-order valence-electron chi connectivity index (χ0n) is 8.83. The van der Waals surface area contributed by atoms with Gasteiger partial charge in [-0.15, -0.1) is 0 Å². The fourth-order valence-corrected chi connectivity index (χ4v) is 2.72. The van der Waals surface area contributed by atoms with Crippen molar-refractivity contribution in [2.45, 2.75) is 6.42 Å². The highest BCUT2D eigenvalue weighted by atomic mass is 14.7. The lowest BCUT2D eigenvalue weighted by Crippen LogP contribution is -1.78. The average molecular weight is 205 g/mol. The van der Waals surface area contributed by atoms with Gasteiger partial charge in [-0.1, -0.05) is 36.4 Å². The van der Waals surface area contributed by atoms with E-state index in [1.807, 2.05) is 0 Å². The number of hydrogen-bond acceptors (Lipinski definition) is 0. The molecule has 0 fully saturated rings. The summed E-state index contributed by atoms with van der Waals surface area (Å²) >= 11 is 0. The van der Waals surface area contributed by atoms with Crippen LogP contribution in [0.4, 0.5) is 0 Å². The molecule has 1 heterocycles. The van der Waals surface area contributed by atoms with Gasteiger partial charge in [-0.2, -0.15) is 0 Å². The predicted octanol–water partition coefficient (Wildman–Crippen LogP) is 3.91. The summed E-state index contributed by atoms with van der Waals surface area (Å²) < 4.78 is 0. The molecular formula is C15H11N. The minimum absolute atomic E-state index is 1.03. The average Bonchev–Trinajstić information content (AvgIpc) is 2.76. The SMILES string of the molecule is C1=CC2=C(C=CC1)c1c[nH]c3cccc2c13. The molecule has 76 valence electrons. The smallest absolute Gasteiger partial charge is 0.0466 e. The Morgan fingerprint density at radius 1 is 0.938 bits per heavy atom. The lowest BCUT2D eigenvalue weighted by Gasteiger charge is -2.00. The van der Waals surface area contributed by atoms with Crippen molar-refractivity contribution < 1.29 is 0 Å². The quantitative estimate of drug-likeness (QED) is 0.671. The van der Waals surface area contributed by atoms with Crippen LogP contribution < -0.4 is 0 Å². The van der Waals surface area contributed by atoms with Crippen LogP contribution in [0, 0.1) is 0 Å². The maximum Gasteiger partial charge on any atom is 0.0466 e. The normalized spacial score (nSPS) is 17.0. The molecule has 1 aromatic heterocycles. The van der Waals surface area contributed by atoms with Crippen LogP contribution in [0.15, 0.2) is 48.7 Å². The minimum atomic E-state index is 1.03. The largest absolute Gasteiger partial charge is 0.361 e. The number of nitrogens with one attached hydrogen (secondary N) is 1. The Hall–Kier alpha value is -2.02. The van der Waals surface area contributed by atoms with Crippen molar-refractivity contribution in [3.05, 3.63) is 59.8 Å². The summed E-state index contributed by atoms with van der Waals surface area (Å²) in [5.74, 6) is 0. The summed E-state index contributed by atoms with van der Waals surface area (Å²) in [5, 5.41) is 1.38. The fourth-order valence-electron chi connectivity index (χ4n) is 2.72. The van der Waals surface area contributed by atoms with Gasteiger partial charge in [-0.05, 0) is 29.2 Å². The summed E-state index contributed by atoms with van der Waals surface area (Å²) in [5.41, 5.74) is 6.69. The molecule has 1 aromatic carbocycles. The number of hydrogen-bond donors (Lipinski definition) is 1. The van der Waals surface area contributed by atoms with Gasteiger partial charge in [-0.3, -0.25) is 0 Å². The Bertz CT molecular complexity index is 667. The van der Waals surface area contributed by atoms with Crippen LogP contribution >= 0.6 is 0 Å². The zero-order valence-corrected chi connectivity index (χ0v) is 8.83. The van der Waals surface area contributed by atoms with Crippen LogP contribution in [0.25, 0.3) is 22.0 Å². The van der Waals surface area contributed by atoms with Gasteiger partial charge in [-0.25, -0.2) is 0 Å². The van der Waals surface area contributed by atoms with Crippen molar-refractivity contribution >= 4 is 22.0 Å². The molecule has 1 nitrogen and oxygen atoms in total. The molecule has 0 saturated heterocycles. The molecule has 0 unspecified atom stereocenters. The molecule has 0 spiro atoms. The van der Waals surface area contributed by atoms with Crippen molar-refractivity contribution in [1.82, 2.24) is 4.98 Å². The molecule has 0 aliphatic heterocycles. The van der Waals surface area contributed by atoms with Gasteiger partial charge in [0.1, 0.15) is 0 Å². The molecule has 0 bridgehead atoms. The van der Waals surface area contributed by atoms with Crippen LogP contribution in [-0.4, -0.2) is 4.98 Å². The molecule has 0 radical (unpaired) electrons. The maximum absolute atomic E-state index is 3.34. The first-order valence-corrected chi connectivity index (χ1v) is 5.63. The van der Waals surface area contributed by atoms with Crippen LogP contribution in [0.1, 0.15) is 17.5 Å². The molecule has 0 atom stereocenters. The Labute approximate surface area is 93.8 Å². The van der Waals surface area contributed by atoms with E-state index in [1.54, 1.807) is 0 Å². The maximum atomic E-state index is 3.34. The van der Waals surface area contributed by atoms with Gasteiger partial charge in [0.05, 0.1) is 0 Å². The third kappa shape index (κ3) is 0.860. The van der Waals surface area contributed by atoms with Crippen LogP contribution in [0.2, 0.25) is 0 Å². The van der Waals surface area contributed by atoms with Crippen molar-refractivity contribution in [2.75, 3.05) is 0 Å². The molecule has 4 rings (SSSR count). The Kier molecular flexibility index (Phi) is 1.41. The second kappa shape index (κ2) is 2.76. The third-order valence-corrected chi connectivity index (χ3v) is 3.42. The third-order valence-electron chi connectivity index (χ3n) is 3.42. The molecule has 1 N–H and O–H groups in total. The number of aromatic nitrogens is 1. The highest BCUT2D eigenvalue weighted by Gasteiger charge is 2.22. The van der Waals surface area contributed by atoms with Crippen molar-refractivity contribution in [3.63, 3.8) is 0 Å². The van der Waals surface area contributed by atoms with Gasteiger partial charge in [0.25, 0.3) is 0 Å². The van der Waals surface area contributed by atoms with E-state index >= 15 is 0 Å².